The number of β-lactam (4-membered cyclic amide) rings is 1. The number of rotatable bonds is 8. The monoisotopic (exact) mass is 535 g/mol. The summed E-state index contributed by atoms with van der Waals surface area (Å²) in [5.41, 5.74) is 0.411. The van der Waals surface area contributed by atoms with E-state index in [4.69, 9.17) is 9.47 Å². The topological polar surface area (TPSA) is 137 Å². The van der Waals surface area contributed by atoms with Crippen molar-refractivity contribution >= 4 is 29.5 Å². The number of benzene rings is 1. The lowest BCUT2D eigenvalue weighted by Gasteiger charge is -2.46. The Morgan fingerprint density at radius 2 is 2.00 bits per heavy atom. The van der Waals surface area contributed by atoms with Gasteiger partial charge in [-0.25, -0.2) is 9.18 Å². The molecule has 1 aromatic rings. The van der Waals surface area contributed by atoms with Gasteiger partial charge in [0.15, 0.2) is 11.5 Å². The van der Waals surface area contributed by atoms with E-state index in [2.05, 4.69) is 10.6 Å². The van der Waals surface area contributed by atoms with Crippen LogP contribution in [0.5, 0.6) is 11.5 Å². The number of hydrogen-bond donors (Lipinski definition) is 4. The van der Waals surface area contributed by atoms with Crippen LogP contribution < -0.4 is 20.1 Å². The van der Waals surface area contributed by atoms with Crippen LogP contribution in [-0.2, 0) is 20.8 Å². The van der Waals surface area contributed by atoms with E-state index >= 15 is 0 Å². The fourth-order valence-electron chi connectivity index (χ4n) is 5.59. The summed E-state index contributed by atoms with van der Waals surface area (Å²) in [6, 6.07) is 2.08. The molecule has 5 rings (SSSR count). The lowest BCUT2D eigenvalue weighted by Crippen LogP contribution is -2.63. The zero-order valence-electron chi connectivity index (χ0n) is 20.5. The number of fused-ring (bicyclic) bond motifs is 2. The number of carbonyl (C=O) groups is 3. The number of nitrogens with zero attached hydrogens (tertiary/aromatic N) is 1. The molecule has 0 radical (unpaired) electrons. The second-order valence-corrected chi connectivity index (χ2v) is 11.2. The average Bonchev–Trinajstić information content (AvgIpc) is 3.41. The van der Waals surface area contributed by atoms with Gasteiger partial charge in [0.1, 0.15) is 24.7 Å². The molecule has 4 N–H and O–H groups in total. The SMILES string of the molecule is CC(O)[C@H]1C(=O)N2C(C(=O)O)=C(SC3CNC(C(=O)NCCc4cc5c(cc4F)OCCO5)C3)[C@H](C)C12. The van der Waals surface area contributed by atoms with Crippen molar-refractivity contribution in [2.75, 3.05) is 26.3 Å². The molecule has 37 heavy (non-hydrogen) atoms. The molecule has 4 aliphatic rings. The van der Waals surface area contributed by atoms with E-state index in [1.807, 2.05) is 6.92 Å². The van der Waals surface area contributed by atoms with Crippen LogP contribution in [0.4, 0.5) is 4.39 Å². The van der Waals surface area contributed by atoms with E-state index in [0.717, 1.165) is 0 Å². The number of ether oxygens (including phenoxy) is 2. The number of carbonyl (C=O) groups excluding carboxylic acids is 2. The van der Waals surface area contributed by atoms with Crippen LogP contribution in [0.2, 0.25) is 0 Å². The summed E-state index contributed by atoms with van der Waals surface area (Å²) in [5.74, 6) is -2.11. The summed E-state index contributed by atoms with van der Waals surface area (Å²) in [4.78, 5) is 39.2. The molecule has 2 fully saturated rings. The van der Waals surface area contributed by atoms with Gasteiger partial charge in [-0.15, -0.1) is 11.8 Å². The predicted molar refractivity (Wildman–Crippen MR) is 132 cm³/mol. The molecule has 10 nitrogen and oxygen atoms in total. The zero-order chi connectivity index (χ0) is 26.4. The van der Waals surface area contributed by atoms with E-state index in [9.17, 15) is 29.0 Å². The molecule has 0 aromatic heterocycles. The molecule has 4 heterocycles. The molecule has 6 atom stereocenters. The van der Waals surface area contributed by atoms with E-state index in [-0.39, 0.29) is 41.3 Å². The van der Waals surface area contributed by atoms with Crippen LogP contribution in [0, 0.1) is 17.7 Å². The van der Waals surface area contributed by atoms with Gasteiger partial charge in [-0.1, -0.05) is 6.92 Å². The minimum Gasteiger partial charge on any atom is -0.486 e. The molecular weight excluding hydrogens is 505 g/mol. The Morgan fingerprint density at radius 3 is 2.68 bits per heavy atom. The Labute approximate surface area is 217 Å². The Hall–Kier alpha value is -2.83. The predicted octanol–water partition coefficient (Wildman–Crippen LogP) is 0.873. The first-order chi connectivity index (χ1) is 17.7. The minimum absolute atomic E-state index is 0.0150. The first kappa shape index (κ1) is 25.8. The van der Waals surface area contributed by atoms with Crippen LogP contribution in [-0.4, -0.2) is 82.6 Å². The summed E-state index contributed by atoms with van der Waals surface area (Å²) < 4.78 is 25.2. The van der Waals surface area contributed by atoms with Crippen molar-refractivity contribution in [1.29, 1.82) is 0 Å². The van der Waals surface area contributed by atoms with Gasteiger partial charge in [0, 0.05) is 35.2 Å². The first-order valence-electron chi connectivity index (χ1n) is 12.4. The maximum atomic E-state index is 14.4. The highest BCUT2D eigenvalue weighted by Crippen LogP contribution is 2.51. The smallest absolute Gasteiger partial charge is 0.353 e. The lowest BCUT2D eigenvalue weighted by molar-refractivity contribution is -0.163. The van der Waals surface area contributed by atoms with Crippen LogP contribution in [0.25, 0.3) is 0 Å². The molecule has 2 saturated heterocycles. The molecule has 0 saturated carbocycles. The number of carboxylic acids is 1. The number of halogens is 1. The number of aliphatic hydroxyl groups is 1. The van der Waals surface area contributed by atoms with Crippen molar-refractivity contribution in [1.82, 2.24) is 15.5 Å². The third-order valence-corrected chi connectivity index (χ3v) is 8.93. The Balaban J connectivity index is 1.16. The van der Waals surface area contributed by atoms with Crippen LogP contribution in [0.1, 0.15) is 25.8 Å². The van der Waals surface area contributed by atoms with Crippen molar-refractivity contribution in [2.24, 2.45) is 11.8 Å². The van der Waals surface area contributed by atoms with Crippen LogP contribution in [0.15, 0.2) is 22.7 Å². The second kappa shape index (κ2) is 10.1. The van der Waals surface area contributed by atoms with E-state index in [1.165, 1.54) is 22.7 Å². The molecule has 12 heteroatoms. The first-order valence-corrected chi connectivity index (χ1v) is 13.3. The van der Waals surface area contributed by atoms with Gasteiger partial charge < -0.3 is 35.2 Å². The molecule has 0 spiro atoms. The third-order valence-electron chi connectivity index (χ3n) is 7.42. The van der Waals surface area contributed by atoms with Crippen molar-refractivity contribution in [3.05, 3.63) is 34.1 Å². The Bertz CT molecular complexity index is 1160. The number of nitrogens with one attached hydrogen (secondary N) is 2. The summed E-state index contributed by atoms with van der Waals surface area (Å²) in [6.45, 7) is 4.95. The lowest BCUT2D eigenvalue weighted by atomic mass is 9.79. The quantitative estimate of drug-likeness (QED) is 0.358. The highest BCUT2D eigenvalue weighted by atomic mass is 32.2. The standard InChI is InChI=1S/C25H30FN3O7S/c1-11-20-19(12(2)30)24(32)29(20)21(25(33)34)22(11)37-14-8-16(28-10-14)23(31)27-4-3-13-7-17-18(9-15(13)26)36-6-5-35-17/h7,9,11-12,14,16,19-20,28,30H,3-6,8,10H2,1-2H3,(H,27,31)(H,33,34)/t11-,12?,14?,16?,19-,20?/m1/s1. The van der Waals surface area contributed by atoms with E-state index in [0.29, 0.717) is 54.6 Å². The molecule has 2 amide bonds. The number of hydrogen-bond acceptors (Lipinski definition) is 8. The number of aliphatic carboxylic acids is 1. The molecule has 0 bridgehead atoms. The number of carboxylic acid groups (broad SMARTS) is 1. The maximum Gasteiger partial charge on any atom is 0.353 e. The largest absolute Gasteiger partial charge is 0.486 e. The van der Waals surface area contributed by atoms with Gasteiger partial charge in [0.2, 0.25) is 11.8 Å². The van der Waals surface area contributed by atoms with Gasteiger partial charge in [-0.3, -0.25) is 9.59 Å². The van der Waals surface area contributed by atoms with Gasteiger partial charge in [0.05, 0.1) is 24.1 Å². The Morgan fingerprint density at radius 1 is 1.30 bits per heavy atom. The fourth-order valence-corrected chi connectivity index (χ4v) is 7.07. The molecule has 200 valence electrons. The molecule has 4 unspecified atom stereocenters. The van der Waals surface area contributed by atoms with Gasteiger partial charge >= 0.3 is 5.97 Å². The maximum absolute atomic E-state index is 14.4. The van der Waals surface area contributed by atoms with Gasteiger partial charge in [0.25, 0.3) is 0 Å². The fraction of sp³-hybridized carbons (Fsp3) is 0.560. The van der Waals surface area contributed by atoms with Gasteiger partial charge in [-0.05, 0) is 31.4 Å². The van der Waals surface area contributed by atoms with Crippen molar-refractivity contribution in [2.45, 2.75) is 50.1 Å². The number of amides is 2. The summed E-state index contributed by atoms with van der Waals surface area (Å²) >= 11 is 1.38. The molecule has 0 aliphatic carbocycles. The third kappa shape index (κ3) is 4.66. The zero-order valence-corrected chi connectivity index (χ0v) is 21.3. The van der Waals surface area contributed by atoms with E-state index in [1.54, 1.807) is 13.0 Å². The summed E-state index contributed by atoms with van der Waals surface area (Å²) in [5, 5.41) is 25.8. The summed E-state index contributed by atoms with van der Waals surface area (Å²) in [6.07, 6.45) is -0.0788. The average molecular weight is 536 g/mol. The van der Waals surface area contributed by atoms with Crippen LogP contribution in [0.3, 0.4) is 0 Å². The highest BCUT2D eigenvalue weighted by Gasteiger charge is 2.60. The second-order valence-electron chi connectivity index (χ2n) is 9.84. The number of aliphatic hydroxyl groups excluding tert-OH is 1. The molecule has 1 aromatic carbocycles. The summed E-state index contributed by atoms with van der Waals surface area (Å²) in [7, 11) is 0. The number of thioether (sulfide) groups is 1. The van der Waals surface area contributed by atoms with Crippen molar-refractivity contribution < 1.29 is 38.5 Å². The van der Waals surface area contributed by atoms with Crippen molar-refractivity contribution in [3.8, 4) is 11.5 Å². The normalized spacial score (nSPS) is 29.1. The highest BCUT2D eigenvalue weighted by molar-refractivity contribution is 8.03. The molecular formula is C25H30FN3O7S. The van der Waals surface area contributed by atoms with Crippen LogP contribution >= 0.6 is 11.8 Å². The van der Waals surface area contributed by atoms with E-state index < -0.39 is 29.9 Å². The molecule has 4 aliphatic heterocycles. The van der Waals surface area contributed by atoms with Gasteiger partial charge in [-0.2, -0.15) is 0 Å². The van der Waals surface area contributed by atoms with Crippen molar-refractivity contribution in [3.63, 3.8) is 0 Å². The Kier molecular flexibility index (Phi) is 7.08. The minimum atomic E-state index is -1.17.